The lowest BCUT2D eigenvalue weighted by Gasteiger charge is -2.18. The molecule has 4 aromatic rings. The Kier molecular flexibility index (Phi) is 6.86. The average molecular weight is 452 g/mol. The molecule has 0 aliphatic heterocycles. The lowest BCUT2D eigenvalue weighted by atomic mass is 10.2. The van der Waals surface area contributed by atoms with Gasteiger partial charge in [0.2, 0.25) is 0 Å². The minimum absolute atomic E-state index is 0.291. The molecule has 0 fully saturated rings. The van der Waals surface area contributed by atoms with Gasteiger partial charge in [0.1, 0.15) is 5.75 Å². The second-order valence-electron chi connectivity index (χ2n) is 7.16. The summed E-state index contributed by atoms with van der Waals surface area (Å²) in [5.41, 5.74) is 2.95. The van der Waals surface area contributed by atoms with E-state index in [-0.39, 0.29) is 0 Å². The monoisotopic (exact) mass is 451 g/mol. The van der Waals surface area contributed by atoms with Crippen LogP contribution in [0.15, 0.2) is 78.2 Å². The zero-order valence-electron chi connectivity index (χ0n) is 17.0. The summed E-state index contributed by atoms with van der Waals surface area (Å²) >= 11 is 7.88. The van der Waals surface area contributed by atoms with Gasteiger partial charge >= 0.3 is 0 Å². The first-order valence-corrected chi connectivity index (χ1v) is 11.1. The lowest BCUT2D eigenvalue weighted by Crippen LogP contribution is -2.20. The van der Waals surface area contributed by atoms with Crippen molar-refractivity contribution in [3.8, 4) is 11.4 Å². The van der Waals surface area contributed by atoms with E-state index in [9.17, 15) is 5.11 Å². The number of thioether (sulfide) groups is 1. The van der Waals surface area contributed by atoms with Crippen LogP contribution in [0.2, 0.25) is 5.02 Å². The third kappa shape index (κ3) is 5.44. The number of pyridine rings is 1. The highest BCUT2D eigenvalue weighted by molar-refractivity contribution is 7.98. The number of halogens is 1. The maximum atomic E-state index is 10.1. The summed E-state index contributed by atoms with van der Waals surface area (Å²) in [5, 5.41) is 20.5. The minimum atomic E-state index is 0.291. The number of benzene rings is 2. The molecule has 2 aromatic carbocycles. The maximum absolute atomic E-state index is 10.1. The highest BCUT2D eigenvalue weighted by atomic mass is 35.5. The number of aromatic hydroxyl groups is 1. The smallest absolute Gasteiger partial charge is 0.196 e. The third-order valence-electron chi connectivity index (χ3n) is 4.73. The molecular weight excluding hydrogens is 430 g/mol. The summed E-state index contributed by atoms with van der Waals surface area (Å²) < 4.78 is 2.04. The van der Waals surface area contributed by atoms with Gasteiger partial charge in [-0.2, -0.15) is 0 Å². The Morgan fingerprint density at radius 2 is 1.81 bits per heavy atom. The zero-order valence-corrected chi connectivity index (χ0v) is 18.6. The third-order valence-corrected chi connectivity index (χ3v) is 5.96. The fourth-order valence-electron chi connectivity index (χ4n) is 3.23. The van der Waals surface area contributed by atoms with Crippen molar-refractivity contribution in [2.45, 2.75) is 24.0 Å². The number of aromatic nitrogens is 4. The van der Waals surface area contributed by atoms with Crippen molar-refractivity contribution in [2.24, 2.45) is 0 Å². The molecule has 0 atom stereocenters. The van der Waals surface area contributed by atoms with Gasteiger partial charge in [-0.25, -0.2) is 0 Å². The van der Waals surface area contributed by atoms with Crippen molar-refractivity contribution in [3.05, 3.63) is 95.0 Å². The van der Waals surface area contributed by atoms with E-state index in [4.69, 9.17) is 11.6 Å². The number of para-hydroxylation sites is 1. The summed E-state index contributed by atoms with van der Waals surface area (Å²) in [6, 6.07) is 19.0. The topological polar surface area (TPSA) is 67.1 Å². The van der Waals surface area contributed by atoms with Crippen LogP contribution in [-0.2, 0) is 18.8 Å². The Hall–Kier alpha value is -2.87. The van der Waals surface area contributed by atoms with Crippen molar-refractivity contribution < 1.29 is 5.11 Å². The van der Waals surface area contributed by atoms with E-state index in [1.165, 1.54) is 5.56 Å². The molecule has 2 aromatic heterocycles. The zero-order chi connectivity index (χ0) is 21.6. The molecule has 0 amide bonds. The van der Waals surface area contributed by atoms with Crippen LogP contribution in [0.1, 0.15) is 17.0 Å². The van der Waals surface area contributed by atoms with Gasteiger partial charge in [0.15, 0.2) is 11.0 Å². The van der Waals surface area contributed by atoms with Gasteiger partial charge in [-0.05, 0) is 49.0 Å². The average Bonchev–Trinajstić information content (AvgIpc) is 3.17. The first kappa shape index (κ1) is 21.4. The predicted molar refractivity (Wildman–Crippen MR) is 123 cm³/mol. The summed E-state index contributed by atoms with van der Waals surface area (Å²) in [6.07, 6.45) is 3.58. The molecule has 0 saturated carbocycles. The SMILES string of the molecule is CN(Cc1ccccc1O)Cc1nnc(SCc2ccncc2)n1-c1cccc(Cl)c1. The number of phenolic OH excluding ortho intramolecular Hbond substituents is 1. The molecule has 158 valence electrons. The van der Waals surface area contributed by atoms with Gasteiger partial charge in [0.05, 0.1) is 12.2 Å². The van der Waals surface area contributed by atoms with Crippen LogP contribution in [0.3, 0.4) is 0 Å². The predicted octanol–water partition coefficient (Wildman–Crippen LogP) is 4.95. The van der Waals surface area contributed by atoms with Gasteiger partial charge in [0.25, 0.3) is 0 Å². The van der Waals surface area contributed by atoms with E-state index in [1.54, 1.807) is 30.2 Å². The van der Waals surface area contributed by atoms with Crippen LogP contribution in [-0.4, -0.2) is 36.8 Å². The van der Waals surface area contributed by atoms with E-state index in [2.05, 4.69) is 20.1 Å². The van der Waals surface area contributed by atoms with Gasteiger partial charge in [-0.3, -0.25) is 14.5 Å². The summed E-state index contributed by atoms with van der Waals surface area (Å²) in [4.78, 5) is 6.17. The van der Waals surface area contributed by atoms with Crippen molar-refractivity contribution in [1.29, 1.82) is 0 Å². The quantitative estimate of drug-likeness (QED) is 0.382. The number of hydrogen-bond donors (Lipinski definition) is 1. The second kappa shape index (κ2) is 9.96. The Morgan fingerprint density at radius 1 is 1.00 bits per heavy atom. The van der Waals surface area contributed by atoms with Gasteiger partial charge in [-0.15, -0.1) is 10.2 Å². The van der Waals surface area contributed by atoms with E-state index in [0.29, 0.717) is 23.9 Å². The normalized spacial score (nSPS) is 11.2. The molecule has 1 N–H and O–H groups in total. The molecule has 0 bridgehead atoms. The fourth-order valence-corrected chi connectivity index (χ4v) is 4.34. The van der Waals surface area contributed by atoms with E-state index in [0.717, 1.165) is 28.0 Å². The number of phenols is 1. The second-order valence-corrected chi connectivity index (χ2v) is 8.54. The van der Waals surface area contributed by atoms with E-state index >= 15 is 0 Å². The van der Waals surface area contributed by atoms with Crippen LogP contribution >= 0.6 is 23.4 Å². The van der Waals surface area contributed by atoms with Crippen molar-refractivity contribution in [1.82, 2.24) is 24.6 Å². The lowest BCUT2D eigenvalue weighted by molar-refractivity contribution is 0.302. The highest BCUT2D eigenvalue weighted by Gasteiger charge is 2.17. The van der Waals surface area contributed by atoms with Gasteiger partial charge in [0, 0.05) is 35.3 Å². The number of nitrogens with zero attached hydrogens (tertiary/aromatic N) is 5. The number of hydrogen-bond acceptors (Lipinski definition) is 6. The van der Waals surface area contributed by atoms with Crippen LogP contribution < -0.4 is 0 Å². The highest BCUT2D eigenvalue weighted by Crippen LogP contribution is 2.27. The Balaban J connectivity index is 1.59. The fraction of sp³-hybridized carbons (Fsp3) is 0.174. The molecule has 31 heavy (non-hydrogen) atoms. The number of rotatable bonds is 8. The molecular formula is C23H22ClN5OS. The molecule has 0 spiro atoms. The van der Waals surface area contributed by atoms with Crippen molar-refractivity contribution in [3.63, 3.8) is 0 Å². The molecule has 0 aliphatic rings. The molecule has 0 radical (unpaired) electrons. The molecule has 8 heteroatoms. The summed E-state index contributed by atoms with van der Waals surface area (Å²) in [5.74, 6) is 1.85. The summed E-state index contributed by atoms with van der Waals surface area (Å²) in [6.45, 7) is 1.15. The Labute approximate surface area is 190 Å². The largest absolute Gasteiger partial charge is 0.508 e. The van der Waals surface area contributed by atoms with Crippen LogP contribution in [0, 0.1) is 0 Å². The van der Waals surface area contributed by atoms with E-state index < -0.39 is 0 Å². The Bertz CT molecular complexity index is 1150. The molecule has 4 rings (SSSR count). The molecule has 2 heterocycles. The van der Waals surface area contributed by atoms with Gasteiger partial charge < -0.3 is 5.11 Å². The molecule has 0 saturated heterocycles. The van der Waals surface area contributed by atoms with Crippen LogP contribution in [0.25, 0.3) is 5.69 Å². The van der Waals surface area contributed by atoms with Gasteiger partial charge in [-0.1, -0.05) is 47.6 Å². The van der Waals surface area contributed by atoms with Crippen LogP contribution in [0.5, 0.6) is 5.75 Å². The molecule has 0 aliphatic carbocycles. The molecule has 0 unspecified atom stereocenters. The first-order chi connectivity index (χ1) is 15.1. The standard InChI is InChI=1S/C23H22ClN5OS/c1-28(14-18-5-2-3-8-21(18)30)15-22-26-27-23(31-16-17-9-11-25-12-10-17)29(22)20-7-4-6-19(24)13-20/h2-13,30H,14-16H2,1H3. The van der Waals surface area contributed by atoms with E-state index in [1.807, 2.05) is 66.2 Å². The summed E-state index contributed by atoms with van der Waals surface area (Å²) in [7, 11) is 1.99. The Morgan fingerprint density at radius 3 is 2.58 bits per heavy atom. The van der Waals surface area contributed by atoms with Crippen molar-refractivity contribution in [2.75, 3.05) is 7.05 Å². The first-order valence-electron chi connectivity index (χ1n) is 9.77. The van der Waals surface area contributed by atoms with Crippen molar-refractivity contribution >= 4 is 23.4 Å². The maximum Gasteiger partial charge on any atom is 0.196 e. The van der Waals surface area contributed by atoms with Crippen LogP contribution in [0.4, 0.5) is 0 Å². The minimum Gasteiger partial charge on any atom is -0.508 e. The molecule has 6 nitrogen and oxygen atoms in total.